The number of aromatic nitrogens is 5. The van der Waals surface area contributed by atoms with E-state index in [-0.39, 0.29) is 0 Å². The van der Waals surface area contributed by atoms with Gasteiger partial charge in [-0.15, -0.1) is 0 Å². The minimum atomic E-state index is -0.781. The molecule has 18 aromatic carbocycles. The maximum atomic E-state index is 7.69. The number of rotatable bonds is 9. The number of nitrogens with zero attached hydrogens (tertiary/aromatic N) is 5. The second-order valence-corrected chi connectivity index (χ2v) is 32.6. The Kier molecular flexibility index (Phi) is 14.6. The summed E-state index contributed by atoms with van der Waals surface area (Å²) in [5.41, 5.74) is 32.1. The van der Waals surface area contributed by atoms with Crippen LogP contribution in [0.1, 0.15) is 44.5 Å². The molecule has 2 spiro atoms. The van der Waals surface area contributed by atoms with Crippen molar-refractivity contribution >= 4 is 65.2 Å². The van der Waals surface area contributed by atoms with Crippen LogP contribution >= 0.6 is 0 Å². The molecular weight excluding hydrogens is 1480 g/mol. The van der Waals surface area contributed by atoms with Crippen molar-refractivity contribution in [3.63, 3.8) is 0 Å². The number of pyridine rings is 1. The van der Waals surface area contributed by atoms with E-state index in [1.165, 1.54) is 44.5 Å². The van der Waals surface area contributed by atoms with Crippen molar-refractivity contribution in [1.82, 2.24) is 24.1 Å². The fourth-order valence-electron chi connectivity index (χ4n) is 21.4. The number of benzene rings is 18. The van der Waals surface area contributed by atoms with Gasteiger partial charge in [-0.3, -0.25) is 0 Å². The number of ether oxygens (including phenoxy) is 2. The third-order valence-corrected chi connectivity index (χ3v) is 26.5. The zero-order valence-corrected chi connectivity index (χ0v) is 65.9. The molecule has 4 aromatic heterocycles. The first-order valence-electron chi connectivity index (χ1n) is 41.9. The van der Waals surface area contributed by atoms with Gasteiger partial charge < -0.3 is 18.6 Å². The Bertz CT molecular complexity index is 8050. The lowest BCUT2D eigenvalue weighted by Crippen LogP contribution is -2.32. The lowest BCUT2D eigenvalue weighted by Gasteiger charge is -2.39. The van der Waals surface area contributed by atoms with Crippen LogP contribution in [0.4, 0.5) is 0 Å². The summed E-state index contributed by atoms with van der Waals surface area (Å²) in [5, 5.41) is 8.60. The van der Waals surface area contributed by atoms with E-state index < -0.39 is 10.8 Å². The summed E-state index contributed by atoms with van der Waals surface area (Å²) in [7, 11) is 0. The predicted molar refractivity (Wildman–Crippen MR) is 496 cm³/mol. The highest BCUT2D eigenvalue weighted by Gasteiger charge is 2.54. The van der Waals surface area contributed by atoms with Crippen molar-refractivity contribution in [3.05, 3.63) is 463 Å². The predicted octanol–water partition coefficient (Wildman–Crippen LogP) is 29.0. The topological polar surface area (TPSA) is 67.0 Å². The summed E-state index contributed by atoms with van der Waals surface area (Å²) in [6, 6.07) is 153. The highest BCUT2D eigenvalue weighted by molar-refractivity contribution is 6.18. The zero-order chi connectivity index (χ0) is 79.9. The lowest BCUT2D eigenvalue weighted by atomic mass is 9.65. The van der Waals surface area contributed by atoms with Gasteiger partial charge in [0, 0.05) is 71.6 Å². The molecule has 0 saturated heterocycles. The first-order chi connectivity index (χ1) is 60.5. The van der Waals surface area contributed by atoms with Crippen LogP contribution in [-0.4, -0.2) is 24.1 Å². The summed E-state index contributed by atoms with van der Waals surface area (Å²) < 4.78 is 20.2. The average Bonchev–Trinajstić information content (AvgIpc) is 1.50. The highest BCUT2D eigenvalue weighted by atomic mass is 16.5. The molecule has 0 bridgehead atoms. The molecule has 0 radical (unpaired) electrons. The van der Waals surface area contributed by atoms with Crippen LogP contribution in [0.3, 0.4) is 0 Å². The lowest BCUT2D eigenvalue weighted by molar-refractivity contribution is 0.442. The Labute approximate surface area is 703 Å². The average molecular weight is 1550 g/mol. The Hall–Kier alpha value is -16.1. The molecule has 566 valence electrons. The smallest absolute Gasteiger partial charge is 0.161 e. The van der Waals surface area contributed by atoms with E-state index in [2.05, 4.69) is 416 Å². The van der Waals surface area contributed by atoms with Crippen LogP contribution in [-0.2, 0) is 10.8 Å². The van der Waals surface area contributed by atoms with Crippen LogP contribution in [0.25, 0.3) is 177 Å². The zero-order valence-electron chi connectivity index (χ0n) is 65.9. The van der Waals surface area contributed by atoms with Gasteiger partial charge in [0.15, 0.2) is 5.82 Å². The van der Waals surface area contributed by atoms with Gasteiger partial charge >= 0.3 is 0 Å². The molecule has 0 N–H and O–H groups in total. The first-order valence-corrected chi connectivity index (χ1v) is 41.9. The number of fused-ring (bicyclic) bond motifs is 28. The van der Waals surface area contributed by atoms with Gasteiger partial charge in [-0.1, -0.05) is 334 Å². The van der Waals surface area contributed by atoms with Gasteiger partial charge in [0.05, 0.1) is 77.8 Å². The number of para-hydroxylation sites is 3. The second-order valence-electron chi connectivity index (χ2n) is 32.6. The molecule has 22 aromatic rings. The SMILES string of the molecule is c1ccc(-c2cc(-c3ccccc3)nc(-c3ccc(-n4c5ccccc5c5c6c(ccc54)C4(c5ccccc5O6)c5ccccc5-c5cc(-c6ccc7c(c6)c6c8c(ccc6n7-c6ccc(-c7nc(-c9ccccc9)cc(-c9ccccc9)n7)c7ccccc67)C6(c7ccccc7O8)c7ccccc7-c7ccccc76)ccc54)c4ccccc34)c2)cc1. The van der Waals surface area contributed by atoms with E-state index in [9.17, 15) is 0 Å². The Morgan fingerprint density at radius 1 is 0.197 bits per heavy atom. The normalized spacial score (nSPS) is 14.1. The van der Waals surface area contributed by atoms with Gasteiger partial charge in [0.25, 0.3) is 0 Å². The number of hydrogen-bond acceptors (Lipinski definition) is 5. The summed E-state index contributed by atoms with van der Waals surface area (Å²) in [6.07, 6.45) is 0. The molecule has 2 aliphatic carbocycles. The van der Waals surface area contributed by atoms with Crippen LogP contribution in [0, 0.1) is 0 Å². The van der Waals surface area contributed by atoms with Crippen molar-refractivity contribution in [2.45, 2.75) is 10.8 Å². The maximum Gasteiger partial charge on any atom is 0.161 e. The molecule has 0 amide bonds. The van der Waals surface area contributed by atoms with Crippen LogP contribution < -0.4 is 9.47 Å². The Morgan fingerprint density at radius 2 is 0.574 bits per heavy atom. The molecule has 2 aliphatic heterocycles. The molecule has 6 heterocycles. The van der Waals surface area contributed by atoms with Crippen molar-refractivity contribution in [2.75, 3.05) is 0 Å². The number of hydrogen-bond donors (Lipinski definition) is 0. The summed E-state index contributed by atoms with van der Waals surface area (Å²) in [6.45, 7) is 0. The van der Waals surface area contributed by atoms with Crippen molar-refractivity contribution in [2.24, 2.45) is 0 Å². The van der Waals surface area contributed by atoms with Gasteiger partial charge in [0.2, 0.25) is 0 Å². The molecule has 1 unspecified atom stereocenters. The van der Waals surface area contributed by atoms with Gasteiger partial charge in [-0.05, 0) is 162 Å². The summed E-state index contributed by atoms with van der Waals surface area (Å²) >= 11 is 0. The Balaban J connectivity index is 0.666. The van der Waals surface area contributed by atoms with Crippen molar-refractivity contribution in [1.29, 1.82) is 0 Å². The van der Waals surface area contributed by atoms with E-state index in [0.29, 0.717) is 5.82 Å². The molecule has 7 heteroatoms. The third-order valence-electron chi connectivity index (χ3n) is 26.5. The maximum absolute atomic E-state index is 7.69. The van der Waals surface area contributed by atoms with E-state index in [0.717, 1.165) is 195 Å². The molecule has 0 fully saturated rings. The molecule has 122 heavy (non-hydrogen) atoms. The fourth-order valence-corrected chi connectivity index (χ4v) is 21.4. The van der Waals surface area contributed by atoms with E-state index in [1.807, 2.05) is 12.1 Å². The summed E-state index contributed by atoms with van der Waals surface area (Å²) in [5.74, 6) is 4.02. The molecule has 26 rings (SSSR count). The molecule has 7 nitrogen and oxygen atoms in total. The van der Waals surface area contributed by atoms with E-state index in [4.69, 9.17) is 24.4 Å². The quantitative estimate of drug-likeness (QED) is 0.144. The van der Waals surface area contributed by atoms with Crippen LogP contribution in [0.15, 0.2) is 419 Å². The highest BCUT2D eigenvalue weighted by Crippen LogP contribution is 2.67. The molecule has 1 atom stereocenters. The van der Waals surface area contributed by atoms with Crippen LogP contribution in [0.2, 0.25) is 0 Å². The van der Waals surface area contributed by atoms with E-state index >= 15 is 0 Å². The fraction of sp³-hybridized carbons (Fsp3) is 0.0174. The monoisotopic (exact) mass is 1550 g/mol. The van der Waals surface area contributed by atoms with Crippen molar-refractivity contribution in [3.8, 4) is 135 Å². The Morgan fingerprint density at radius 3 is 1.12 bits per heavy atom. The first kappa shape index (κ1) is 68.0. The van der Waals surface area contributed by atoms with Gasteiger partial charge in [0.1, 0.15) is 23.0 Å². The third kappa shape index (κ3) is 9.64. The molecule has 0 saturated carbocycles. The van der Waals surface area contributed by atoms with E-state index in [1.54, 1.807) is 0 Å². The minimum Gasteiger partial charge on any atom is -0.456 e. The minimum absolute atomic E-state index is 0.656. The van der Waals surface area contributed by atoms with Crippen LogP contribution in [0.5, 0.6) is 23.0 Å². The second kappa shape index (κ2) is 26.2. The van der Waals surface area contributed by atoms with Crippen molar-refractivity contribution < 1.29 is 9.47 Å². The van der Waals surface area contributed by atoms with Gasteiger partial charge in [-0.25, -0.2) is 15.0 Å². The summed E-state index contributed by atoms with van der Waals surface area (Å²) in [4.78, 5) is 16.3. The van der Waals surface area contributed by atoms with Gasteiger partial charge in [-0.2, -0.15) is 0 Å². The standard InChI is InChI=1S/C115H69N5O2/c1-5-29-70(30-6-1)76-67-97(71-31-7-2-8-32-71)116-100(68-76)82-55-61-102(83-42-15-13-37-77(82)83)119-101-50-26-20-44-86(101)109-105(119)63-58-95-111(109)121-108-52-28-25-49-94(108)115(95)91-47-23-19-41-81(91)87-65-74(53-57-92(87)115)75-54-60-104-88(66-75)110-106(64-59-96-112(110)122-107-51-27-24-48-93(107)114(96)89-45-21-17-39-79(89)80-40-18-22-46-90(80)114)120(104)103-62-56-85(78-38-14-16-43-84(78)103)113-117-98(72-33-9-3-10-34-72)69-99(118-113)73-35-11-4-12-36-73/h1-69H. The largest absolute Gasteiger partial charge is 0.456 e. The molecular formula is C115H69N5O2. The molecule has 4 aliphatic rings.